The molecule has 0 aliphatic heterocycles. The third kappa shape index (κ3) is 3.69. The van der Waals surface area contributed by atoms with E-state index in [2.05, 4.69) is 11.8 Å². The van der Waals surface area contributed by atoms with Crippen LogP contribution in [0.25, 0.3) is 0 Å². The van der Waals surface area contributed by atoms with E-state index in [1.807, 2.05) is 6.92 Å². The minimum absolute atomic E-state index is 0.00705. The molecule has 0 heterocycles. The first-order valence-electron chi connectivity index (χ1n) is 5.55. The van der Waals surface area contributed by atoms with Gasteiger partial charge in [-0.3, -0.25) is 0 Å². The van der Waals surface area contributed by atoms with E-state index in [4.69, 9.17) is 4.74 Å². The fraction of sp³-hybridized carbons (Fsp3) is 0.429. The SMILES string of the molecule is CC#CC(C)Cc1cc(C(F)(F)F)ccc1OC. The van der Waals surface area contributed by atoms with Crippen molar-refractivity contribution in [1.29, 1.82) is 0 Å². The van der Waals surface area contributed by atoms with Crippen molar-refractivity contribution < 1.29 is 17.9 Å². The summed E-state index contributed by atoms with van der Waals surface area (Å²) in [6.07, 6.45) is -3.89. The zero-order valence-corrected chi connectivity index (χ0v) is 10.6. The summed E-state index contributed by atoms with van der Waals surface area (Å²) in [5, 5.41) is 0. The van der Waals surface area contributed by atoms with Crippen LogP contribution in [0.15, 0.2) is 18.2 Å². The van der Waals surface area contributed by atoms with Gasteiger partial charge in [0.15, 0.2) is 0 Å². The van der Waals surface area contributed by atoms with Crippen LogP contribution in [-0.2, 0) is 12.6 Å². The Bertz CT molecular complexity index is 466. The highest BCUT2D eigenvalue weighted by atomic mass is 19.4. The van der Waals surface area contributed by atoms with Gasteiger partial charge in [0, 0.05) is 5.92 Å². The first-order chi connectivity index (χ1) is 8.38. The highest BCUT2D eigenvalue weighted by molar-refractivity contribution is 5.39. The Morgan fingerprint density at radius 2 is 2.00 bits per heavy atom. The second kappa shape index (κ2) is 5.81. The molecule has 0 bridgehead atoms. The summed E-state index contributed by atoms with van der Waals surface area (Å²) in [4.78, 5) is 0. The van der Waals surface area contributed by atoms with E-state index in [1.165, 1.54) is 13.2 Å². The lowest BCUT2D eigenvalue weighted by Crippen LogP contribution is -2.07. The van der Waals surface area contributed by atoms with Crippen molar-refractivity contribution in [2.45, 2.75) is 26.4 Å². The Balaban J connectivity index is 3.09. The summed E-state index contributed by atoms with van der Waals surface area (Å²) in [6, 6.07) is 3.51. The van der Waals surface area contributed by atoms with Crippen LogP contribution in [0.2, 0.25) is 0 Å². The fourth-order valence-corrected chi connectivity index (χ4v) is 1.74. The average Bonchev–Trinajstić information content (AvgIpc) is 2.28. The molecule has 1 nitrogen and oxygen atoms in total. The summed E-state index contributed by atoms with van der Waals surface area (Å²) in [5.74, 6) is 6.13. The maximum absolute atomic E-state index is 12.6. The van der Waals surface area contributed by atoms with Crippen LogP contribution in [0.5, 0.6) is 5.75 Å². The number of alkyl halides is 3. The third-order valence-corrected chi connectivity index (χ3v) is 2.52. The molecule has 1 rings (SSSR count). The van der Waals surface area contributed by atoms with E-state index in [0.717, 1.165) is 12.1 Å². The molecule has 1 aromatic carbocycles. The van der Waals surface area contributed by atoms with E-state index >= 15 is 0 Å². The van der Waals surface area contributed by atoms with Gasteiger partial charge in [0.05, 0.1) is 12.7 Å². The van der Waals surface area contributed by atoms with Crippen molar-refractivity contribution in [2.24, 2.45) is 5.92 Å². The number of benzene rings is 1. The maximum Gasteiger partial charge on any atom is 0.416 e. The van der Waals surface area contributed by atoms with Gasteiger partial charge in [0.2, 0.25) is 0 Å². The van der Waals surface area contributed by atoms with Gasteiger partial charge in [-0.2, -0.15) is 13.2 Å². The van der Waals surface area contributed by atoms with E-state index < -0.39 is 11.7 Å². The second-order valence-electron chi connectivity index (χ2n) is 4.02. The molecule has 0 saturated heterocycles. The molecule has 1 atom stereocenters. The highest BCUT2D eigenvalue weighted by Gasteiger charge is 2.31. The second-order valence-corrected chi connectivity index (χ2v) is 4.02. The van der Waals surface area contributed by atoms with Crippen LogP contribution < -0.4 is 4.74 Å². The number of hydrogen-bond donors (Lipinski definition) is 0. The molecule has 4 heteroatoms. The van der Waals surface area contributed by atoms with Crippen LogP contribution in [0, 0.1) is 17.8 Å². The van der Waals surface area contributed by atoms with Crippen LogP contribution in [0.1, 0.15) is 25.0 Å². The Morgan fingerprint density at radius 1 is 1.33 bits per heavy atom. The summed E-state index contributed by atoms with van der Waals surface area (Å²) in [5.41, 5.74) is -0.127. The lowest BCUT2D eigenvalue weighted by atomic mass is 9.98. The lowest BCUT2D eigenvalue weighted by molar-refractivity contribution is -0.137. The predicted molar refractivity (Wildman–Crippen MR) is 64.3 cm³/mol. The standard InChI is InChI=1S/C14H15F3O/c1-4-5-10(2)8-11-9-12(14(15,16)17)6-7-13(11)18-3/h6-7,9-10H,8H2,1-3H3. The Labute approximate surface area is 105 Å². The minimum Gasteiger partial charge on any atom is -0.496 e. The normalized spacial score (nSPS) is 12.6. The monoisotopic (exact) mass is 256 g/mol. The average molecular weight is 256 g/mol. The van der Waals surface area contributed by atoms with E-state index in [9.17, 15) is 13.2 Å². The molecule has 0 radical (unpaired) electrons. The molecule has 0 saturated carbocycles. The quantitative estimate of drug-likeness (QED) is 0.745. The van der Waals surface area contributed by atoms with E-state index in [1.54, 1.807) is 6.92 Å². The zero-order chi connectivity index (χ0) is 13.8. The minimum atomic E-state index is -4.33. The topological polar surface area (TPSA) is 9.23 Å². The Morgan fingerprint density at radius 3 is 2.50 bits per heavy atom. The Hall–Kier alpha value is -1.63. The van der Waals surface area contributed by atoms with Crippen LogP contribution in [-0.4, -0.2) is 7.11 Å². The number of halogens is 3. The molecule has 1 unspecified atom stereocenters. The molecular formula is C14H15F3O. The predicted octanol–water partition coefficient (Wildman–Crippen LogP) is 3.92. The number of methoxy groups -OCH3 is 1. The summed E-state index contributed by atoms with van der Waals surface area (Å²) in [7, 11) is 1.45. The molecular weight excluding hydrogens is 241 g/mol. The van der Waals surface area contributed by atoms with Gasteiger partial charge in [-0.1, -0.05) is 6.92 Å². The number of hydrogen-bond acceptors (Lipinski definition) is 1. The molecule has 0 fully saturated rings. The molecule has 0 aliphatic carbocycles. The molecule has 0 N–H and O–H groups in total. The number of rotatable bonds is 3. The fourth-order valence-electron chi connectivity index (χ4n) is 1.74. The molecule has 0 spiro atoms. The summed E-state index contributed by atoms with van der Waals surface area (Å²) in [6.45, 7) is 3.58. The van der Waals surface area contributed by atoms with Gasteiger partial charge in [-0.05, 0) is 37.1 Å². The molecule has 0 amide bonds. The first-order valence-corrected chi connectivity index (χ1v) is 5.55. The smallest absolute Gasteiger partial charge is 0.416 e. The van der Waals surface area contributed by atoms with Gasteiger partial charge in [-0.15, -0.1) is 11.8 Å². The van der Waals surface area contributed by atoms with Crippen LogP contribution in [0.4, 0.5) is 13.2 Å². The van der Waals surface area contributed by atoms with Gasteiger partial charge < -0.3 is 4.74 Å². The largest absolute Gasteiger partial charge is 0.496 e. The van der Waals surface area contributed by atoms with E-state index in [-0.39, 0.29) is 5.92 Å². The molecule has 0 aromatic heterocycles. The van der Waals surface area contributed by atoms with Crippen LogP contribution in [0.3, 0.4) is 0 Å². The van der Waals surface area contributed by atoms with Gasteiger partial charge in [0.1, 0.15) is 5.75 Å². The molecule has 0 aliphatic rings. The van der Waals surface area contributed by atoms with Crippen molar-refractivity contribution >= 4 is 0 Å². The van der Waals surface area contributed by atoms with Crippen LogP contribution >= 0.6 is 0 Å². The number of ether oxygens (including phenoxy) is 1. The first kappa shape index (κ1) is 14.4. The van der Waals surface area contributed by atoms with Crippen molar-refractivity contribution in [2.75, 3.05) is 7.11 Å². The third-order valence-electron chi connectivity index (χ3n) is 2.52. The molecule has 1 aromatic rings. The van der Waals surface area contributed by atoms with Crippen molar-refractivity contribution in [3.63, 3.8) is 0 Å². The Kier molecular flexibility index (Phi) is 4.66. The van der Waals surface area contributed by atoms with Gasteiger partial charge >= 0.3 is 6.18 Å². The van der Waals surface area contributed by atoms with Crippen molar-refractivity contribution in [1.82, 2.24) is 0 Å². The highest BCUT2D eigenvalue weighted by Crippen LogP contribution is 2.33. The van der Waals surface area contributed by atoms with E-state index in [0.29, 0.717) is 17.7 Å². The summed E-state index contributed by atoms with van der Waals surface area (Å²) < 4.78 is 42.9. The maximum atomic E-state index is 12.6. The lowest BCUT2D eigenvalue weighted by Gasteiger charge is -2.13. The molecule has 18 heavy (non-hydrogen) atoms. The molecule has 98 valence electrons. The van der Waals surface area contributed by atoms with Gasteiger partial charge in [-0.25, -0.2) is 0 Å². The zero-order valence-electron chi connectivity index (χ0n) is 10.6. The van der Waals surface area contributed by atoms with Crippen molar-refractivity contribution in [3.8, 4) is 17.6 Å². The van der Waals surface area contributed by atoms with Gasteiger partial charge in [0.25, 0.3) is 0 Å². The van der Waals surface area contributed by atoms with Crippen molar-refractivity contribution in [3.05, 3.63) is 29.3 Å². The summed E-state index contributed by atoms with van der Waals surface area (Å²) >= 11 is 0.